The summed E-state index contributed by atoms with van der Waals surface area (Å²) in [5, 5.41) is 0. The van der Waals surface area contributed by atoms with Crippen molar-refractivity contribution in [1.29, 1.82) is 0 Å². The van der Waals surface area contributed by atoms with Crippen molar-refractivity contribution in [3.05, 3.63) is 6.92 Å². The maximum atomic E-state index is 11.3. The summed E-state index contributed by atoms with van der Waals surface area (Å²) < 4.78 is 10.1. The van der Waals surface area contributed by atoms with Crippen LogP contribution in [0.4, 0.5) is 0 Å². The molecule has 0 saturated heterocycles. The number of hydrogen-bond donors (Lipinski definition) is 0. The lowest BCUT2D eigenvalue weighted by atomic mass is 10.1. The van der Waals surface area contributed by atoms with E-state index in [1.54, 1.807) is 6.92 Å². The summed E-state index contributed by atoms with van der Waals surface area (Å²) in [4.78, 5) is 11.3. The van der Waals surface area contributed by atoms with Gasteiger partial charge in [0.2, 0.25) is 0 Å². The molecule has 17 heavy (non-hydrogen) atoms. The van der Waals surface area contributed by atoms with Gasteiger partial charge in [0.25, 0.3) is 0 Å². The van der Waals surface area contributed by atoms with E-state index in [-0.39, 0.29) is 5.97 Å². The predicted octanol–water partition coefficient (Wildman–Crippen LogP) is 3.87. The van der Waals surface area contributed by atoms with Crippen molar-refractivity contribution in [2.24, 2.45) is 0 Å². The van der Waals surface area contributed by atoms with Gasteiger partial charge in [-0.3, -0.25) is 4.79 Å². The minimum Gasteiger partial charge on any atom is -0.436 e. The average molecular weight is 243 g/mol. The van der Waals surface area contributed by atoms with Gasteiger partial charge in [0.05, 0.1) is 6.61 Å². The van der Waals surface area contributed by atoms with E-state index in [0.29, 0.717) is 13.0 Å². The van der Waals surface area contributed by atoms with Crippen LogP contribution in [0.1, 0.15) is 65.2 Å². The van der Waals surface area contributed by atoms with Crippen molar-refractivity contribution in [3.8, 4) is 0 Å². The van der Waals surface area contributed by atoms with Crippen LogP contribution in [0.3, 0.4) is 0 Å². The highest BCUT2D eigenvalue weighted by Crippen LogP contribution is 2.09. The molecule has 0 saturated carbocycles. The summed E-state index contributed by atoms with van der Waals surface area (Å²) in [7, 11) is 0. The third-order valence-corrected chi connectivity index (χ3v) is 2.63. The molecule has 101 valence electrons. The van der Waals surface area contributed by atoms with Crippen LogP contribution in [0.2, 0.25) is 0 Å². The Balaban J connectivity index is 3.27. The number of ether oxygens (including phenoxy) is 2. The summed E-state index contributed by atoms with van der Waals surface area (Å²) in [6, 6.07) is 0. The zero-order valence-corrected chi connectivity index (χ0v) is 11.4. The van der Waals surface area contributed by atoms with Crippen molar-refractivity contribution in [2.45, 2.75) is 71.5 Å². The molecular formula is C14H27O3. The van der Waals surface area contributed by atoms with Gasteiger partial charge in [-0.05, 0) is 20.3 Å². The third kappa shape index (κ3) is 11.7. The molecule has 0 fully saturated rings. The smallest absolute Gasteiger partial charge is 0.308 e. The number of esters is 1. The van der Waals surface area contributed by atoms with Gasteiger partial charge >= 0.3 is 5.97 Å². The molecule has 0 aliphatic heterocycles. The van der Waals surface area contributed by atoms with E-state index < -0.39 is 6.29 Å². The van der Waals surface area contributed by atoms with Crippen molar-refractivity contribution in [2.75, 3.05) is 6.61 Å². The third-order valence-electron chi connectivity index (χ3n) is 2.63. The molecular weight excluding hydrogens is 216 g/mol. The lowest BCUT2D eigenvalue weighted by Crippen LogP contribution is -2.17. The first kappa shape index (κ1) is 16.4. The van der Waals surface area contributed by atoms with E-state index >= 15 is 0 Å². The van der Waals surface area contributed by atoms with E-state index in [1.165, 1.54) is 32.1 Å². The fraction of sp³-hybridized carbons (Fsp3) is 0.857. The summed E-state index contributed by atoms with van der Waals surface area (Å²) in [5.74, 6) is -0.167. The Hall–Kier alpha value is -0.570. The van der Waals surface area contributed by atoms with Crippen LogP contribution in [0, 0.1) is 6.92 Å². The van der Waals surface area contributed by atoms with Gasteiger partial charge in [0.1, 0.15) is 0 Å². The maximum Gasteiger partial charge on any atom is 0.308 e. The van der Waals surface area contributed by atoms with Crippen molar-refractivity contribution in [1.82, 2.24) is 0 Å². The van der Waals surface area contributed by atoms with Crippen LogP contribution in [-0.2, 0) is 14.3 Å². The second kappa shape index (κ2) is 11.9. The normalized spacial score (nSPS) is 12.4. The fourth-order valence-corrected chi connectivity index (χ4v) is 1.67. The quantitative estimate of drug-likeness (QED) is 0.314. The van der Waals surface area contributed by atoms with Gasteiger partial charge in [-0.25, -0.2) is 0 Å². The molecule has 0 aliphatic rings. The predicted molar refractivity (Wildman–Crippen MR) is 69.5 cm³/mol. The molecule has 0 spiro atoms. The van der Waals surface area contributed by atoms with Crippen LogP contribution < -0.4 is 0 Å². The summed E-state index contributed by atoms with van der Waals surface area (Å²) in [5.41, 5.74) is 0. The van der Waals surface area contributed by atoms with Crippen molar-refractivity contribution < 1.29 is 14.3 Å². The average Bonchev–Trinajstić information content (AvgIpc) is 2.28. The molecule has 1 unspecified atom stereocenters. The second-order valence-corrected chi connectivity index (χ2v) is 4.30. The summed E-state index contributed by atoms with van der Waals surface area (Å²) in [6.45, 7) is 7.79. The highest BCUT2D eigenvalue weighted by atomic mass is 16.7. The molecule has 0 amide bonds. The highest BCUT2D eigenvalue weighted by molar-refractivity contribution is 5.69. The summed E-state index contributed by atoms with van der Waals surface area (Å²) >= 11 is 0. The number of hydrogen-bond acceptors (Lipinski definition) is 3. The van der Waals surface area contributed by atoms with Gasteiger partial charge in [-0.2, -0.15) is 0 Å². The van der Waals surface area contributed by atoms with Gasteiger partial charge in [-0.1, -0.05) is 45.4 Å². The van der Waals surface area contributed by atoms with Crippen LogP contribution in [0.15, 0.2) is 0 Å². The highest BCUT2D eigenvalue weighted by Gasteiger charge is 2.08. The second-order valence-electron chi connectivity index (χ2n) is 4.30. The Labute approximate surface area is 106 Å². The lowest BCUT2D eigenvalue weighted by Gasteiger charge is -2.12. The minimum absolute atomic E-state index is 0.167. The molecule has 0 bridgehead atoms. The molecule has 1 atom stereocenters. The van der Waals surface area contributed by atoms with Gasteiger partial charge in [0, 0.05) is 6.42 Å². The lowest BCUT2D eigenvalue weighted by molar-refractivity contribution is -0.172. The van der Waals surface area contributed by atoms with E-state index in [1.807, 2.05) is 0 Å². The Morgan fingerprint density at radius 2 is 1.71 bits per heavy atom. The van der Waals surface area contributed by atoms with Gasteiger partial charge < -0.3 is 9.47 Å². The number of rotatable bonds is 11. The first-order valence-electron chi connectivity index (χ1n) is 6.81. The summed E-state index contributed by atoms with van der Waals surface area (Å²) in [6.07, 6.45) is 8.48. The molecule has 0 aromatic heterocycles. The molecule has 0 aliphatic carbocycles. The van der Waals surface area contributed by atoms with Gasteiger partial charge in [-0.15, -0.1) is 0 Å². The Morgan fingerprint density at radius 3 is 2.29 bits per heavy atom. The molecule has 0 rings (SSSR count). The molecule has 1 radical (unpaired) electrons. The molecule has 0 heterocycles. The molecule has 0 aromatic carbocycles. The van der Waals surface area contributed by atoms with Crippen molar-refractivity contribution >= 4 is 5.97 Å². The van der Waals surface area contributed by atoms with Crippen molar-refractivity contribution in [3.63, 3.8) is 0 Å². The van der Waals surface area contributed by atoms with E-state index in [0.717, 1.165) is 12.8 Å². The monoisotopic (exact) mass is 243 g/mol. The standard InChI is InChI=1S/C14H27O3/c1-4-6-7-8-9-10-11-12-14(15)17-13(3)16-5-2/h13H,2,4-12H2,1,3H3. The van der Waals surface area contributed by atoms with E-state index in [4.69, 9.17) is 9.47 Å². The van der Waals surface area contributed by atoms with Crippen LogP contribution in [0.5, 0.6) is 0 Å². The molecule has 3 nitrogen and oxygen atoms in total. The maximum absolute atomic E-state index is 11.3. The van der Waals surface area contributed by atoms with Gasteiger partial charge in [0.15, 0.2) is 6.29 Å². The topological polar surface area (TPSA) is 35.5 Å². The SMILES string of the molecule is [CH2]COC(C)OC(=O)CCCCCCCCC. The van der Waals surface area contributed by atoms with E-state index in [2.05, 4.69) is 13.8 Å². The Kier molecular flexibility index (Phi) is 11.5. The van der Waals surface area contributed by atoms with E-state index in [9.17, 15) is 4.79 Å². The number of carbonyl (C=O) groups is 1. The minimum atomic E-state index is -0.468. The Bertz CT molecular complexity index is 180. The zero-order valence-electron chi connectivity index (χ0n) is 11.4. The molecule has 3 heteroatoms. The molecule has 0 aromatic rings. The zero-order chi connectivity index (χ0) is 12.9. The fourth-order valence-electron chi connectivity index (χ4n) is 1.67. The van der Waals surface area contributed by atoms with Crippen LogP contribution in [-0.4, -0.2) is 18.9 Å². The number of carbonyl (C=O) groups excluding carboxylic acids is 1. The number of unbranched alkanes of at least 4 members (excludes halogenated alkanes) is 6. The Morgan fingerprint density at radius 1 is 1.12 bits per heavy atom. The molecule has 0 N–H and O–H groups in total. The van der Waals surface area contributed by atoms with Crippen LogP contribution in [0.25, 0.3) is 0 Å². The van der Waals surface area contributed by atoms with Crippen LogP contribution >= 0.6 is 0 Å². The largest absolute Gasteiger partial charge is 0.436 e. The first-order chi connectivity index (χ1) is 8.20. The first-order valence-corrected chi connectivity index (χ1v) is 6.81.